The number of H-pyrrole nitrogens is 1. The van der Waals surface area contributed by atoms with E-state index in [9.17, 15) is 0 Å². The number of hydrogen-bond donors (Lipinski definition) is 2. The Morgan fingerprint density at radius 3 is 2.47 bits per heavy atom. The summed E-state index contributed by atoms with van der Waals surface area (Å²) < 4.78 is 0. The number of nitrogen functional groups attached to an aromatic ring is 1. The molecule has 0 fully saturated rings. The van der Waals surface area contributed by atoms with Crippen LogP contribution >= 0.6 is 11.6 Å². The predicted octanol–water partition coefficient (Wildman–Crippen LogP) is 3.61. The number of anilines is 1. The molecule has 0 bridgehead atoms. The van der Waals surface area contributed by atoms with Gasteiger partial charge in [0.2, 0.25) is 0 Å². The third kappa shape index (κ3) is 2.61. The van der Waals surface area contributed by atoms with E-state index in [4.69, 9.17) is 17.3 Å². The van der Waals surface area contributed by atoms with Crippen LogP contribution in [0.4, 0.5) is 5.69 Å². The summed E-state index contributed by atoms with van der Waals surface area (Å²) in [5, 5.41) is 0.619. The molecule has 90 valence electrons. The first-order chi connectivity index (χ1) is 7.86. The summed E-state index contributed by atoms with van der Waals surface area (Å²) in [5.74, 6) is 0.795. The number of rotatable bonds is 1. The average molecular weight is 250 g/mol. The van der Waals surface area contributed by atoms with Crippen LogP contribution in [0.1, 0.15) is 26.5 Å². The number of halogens is 1. The first-order valence-corrected chi connectivity index (χ1v) is 5.86. The van der Waals surface area contributed by atoms with Gasteiger partial charge in [0.05, 0.1) is 0 Å². The number of nitrogens with one attached hydrogen (secondary N) is 1. The van der Waals surface area contributed by atoms with Crippen molar-refractivity contribution >= 4 is 17.3 Å². The Morgan fingerprint density at radius 2 is 1.94 bits per heavy atom. The Labute approximate surface area is 106 Å². The summed E-state index contributed by atoms with van der Waals surface area (Å²) in [6.07, 6.45) is 1.85. The summed E-state index contributed by atoms with van der Waals surface area (Å²) in [6.45, 7) is 6.41. The molecule has 0 unspecified atom stereocenters. The van der Waals surface area contributed by atoms with Crippen LogP contribution < -0.4 is 5.73 Å². The second-order valence-corrected chi connectivity index (χ2v) is 5.61. The Balaban J connectivity index is 2.44. The van der Waals surface area contributed by atoms with Crippen LogP contribution in [0.5, 0.6) is 0 Å². The SMILES string of the molecule is CC(C)(C)c1cnc(-c2cc(N)cc(Cl)c2)[nH]1. The van der Waals surface area contributed by atoms with Gasteiger partial charge in [0.1, 0.15) is 5.82 Å². The second-order valence-electron chi connectivity index (χ2n) is 5.17. The van der Waals surface area contributed by atoms with E-state index in [1.807, 2.05) is 18.3 Å². The minimum Gasteiger partial charge on any atom is -0.399 e. The van der Waals surface area contributed by atoms with E-state index < -0.39 is 0 Å². The summed E-state index contributed by atoms with van der Waals surface area (Å²) in [4.78, 5) is 7.66. The quantitative estimate of drug-likeness (QED) is 0.759. The Morgan fingerprint density at radius 1 is 1.24 bits per heavy atom. The van der Waals surface area contributed by atoms with Gasteiger partial charge in [-0.2, -0.15) is 0 Å². The molecule has 0 aliphatic rings. The lowest BCUT2D eigenvalue weighted by Crippen LogP contribution is -2.11. The molecule has 0 aliphatic heterocycles. The summed E-state index contributed by atoms with van der Waals surface area (Å²) in [6, 6.07) is 5.43. The number of aromatic nitrogens is 2. The van der Waals surface area contributed by atoms with E-state index >= 15 is 0 Å². The van der Waals surface area contributed by atoms with Gasteiger partial charge in [-0.15, -0.1) is 0 Å². The van der Waals surface area contributed by atoms with Crippen LogP contribution in [0.15, 0.2) is 24.4 Å². The van der Waals surface area contributed by atoms with Crippen molar-refractivity contribution in [2.24, 2.45) is 0 Å². The molecular formula is C13H16ClN3. The van der Waals surface area contributed by atoms with Crippen molar-refractivity contribution in [2.75, 3.05) is 5.73 Å². The lowest BCUT2D eigenvalue weighted by molar-refractivity contribution is 0.573. The molecule has 3 N–H and O–H groups in total. The number of benzene rings is 1. The molecule has 0 amide bonds. The molecule has 0 saturated heterocycles. The smallest absolute Gasteiger partial charge is 0.137 e. The van der Waals surface area contributed by atoms with E-state index in [1.54, 1.807) is 6.07 Å². The van der Waals surface area contributed by atoms with Crippen molar-refractivity contribution < 1.29 is 0 Å². The van der Waals surface area contributed by atoms with E-state index in [1.165, 1.54) is 0 Å². The van der Waals surface area contributed by atoms with E-state index in [-0.39, 0.29) is 5.41 Å². The van der Waals surface area contributed by atoms with Gasteiger partial charge in [-0.3, -0.25) is 0 Å². The number of nitrogens with two attached hydrogens (primary N) is 1. The maximum Gasteiger partial charge on any atom is 0.137 e. The molecule has 1 heterocycles. The van der Waals surface area contributed by atoms with Crippen molar-refractivity contribution in [2.45, 2.75) is 26.2 Å². The first-order valence-electron chi connectivity index (χ1n) is 5.48. The molecule has 2 aromatic rings. The zero-order valence-corrected chi connectivity index (χ0v) is 11.0. The predicted molar refractivity (Wildman–Crippen MR) is 72.1 cm³/mol. The summed E-state index contributed by atoms with van der Waals surface area (Å²) in [5.41, 5.74) is 8.45. The molecule has 1 aromatic heterocycles. The Kier molecular flexibility index (Phi) is 2.87. The highest BCUT2D eigenvalue weighted by Crippen LogP contribution is 2.27. The van der Waals surface area contributed by atoms with Crippen LogP contribution in [-0.2, 0) is 5.41 Å². The molecular weight excluding hydrogens is 234 g/mol. The van der Waals surface area contributed by atoms with Crippen LogP contribution in [-0.4, -0.2) is 9.97 Å². The third-order valence-electron chi connectivity index (χ3n) is 2.58. The van der Waals surface area contributed by atoms with E-state index in [0.717, 1.165) is 17.1 Å². The maximum absolute atomic E-state index is 5.98. The normalized spacial score (nSPS) is 11.8. The number of nitrogens with zero attached hydrogens (tertiary/aromatic N) is 1. The van der Waals surface area contributed by atoms with Gasteiger partial charge in [0.25, 0.3) is 0 Å². The van der Waals surface area contributed by atoms with E-state index in [2.05, 4.69) is 30.7 Å². The standard InChI is InChI=1S/C13H16ClN3/c1-13(2,3)11-7-16-12(17-11)8-4-9(14)6-10(15)5-8/h4-7H,15H2,1-3H3,(H,16,17). The lowest BCUT2D eigenvalue weighted by Gasteiger charge is -2.15. The van der Waals surface area contributed by atoms with Gasteiger partial charge in [0.15, 0.2) is 0 Å². The molecule has 0 aliphatic carbocycles. The monoisotopic (exact) mass is 249 g/mol. The zero-order valence-electron chi connectivity index (χ0n) is 10.2. The van der Waals surface area contributed by atoms with Crippen molar-refractivity contribution in [3.63, 3.8) is 0 Å². The molecule has 0 atom stereocenters. The van der Waals surface area contributed by atoms with Gasteiger partial charge in [-0.1, -0.05) is 32.4 Å². The maximum atomic E-state index is 5.98. The molecule has 1 aromatic carbocycles. The van der Waals surface area contributed by atoms with Gasteiger partial charge < -0.3 is 10.7 Å². The minimum atomic E-state index is 0.0510. The highest BCUT2D eigenvalue weighted by atomic mass is 35.5. The summed E-state index contributed by atoms with van der Waals surface area (Å²) in [7, 11) is 0. The number of aromatic amines is 1. The minimum absolute atomic E-state index is 0.0510. The fourth-order valence-electron chi connectivity index (χ4n) is 1.60. The molecule has 17 heavy (non-hydrogen) atoms. The molecule has 0 radical (unpaired) electrons. The first kappa shape index (κ1) is 12.0. The zero-order chi connectivity index (χ0) is 12.6. The van der Waals surface area contributed by atoms with Gasteiger partial charge in [-0.05, 0) is 18.2 Å². The second kappa shape index (κ2) is 4.08. The highest BCUT2D eigenvalue weighted by molar-refractivity contribution is 6.31. The number of hydrogen-bond acceptors (Lipinski definition) is 2. The lowest BCUT2D eigenvalue weighted by atomic mass is 9.93. The Hall–Kier alpha value is -1.48. The van der Waals surface area contributed by atoms with Gasteiger partial charge in [-0.25, -0.2) is 4.98 Å². The molecule has 0 saturated carbocycles. The molecule has 4 heteroatoms. The van der Waals surface area contributed by atoms with Crippen LogP contribution in [0.25, 0.3) is 11.4 Å². The van der Waals surface area contributed by atoms with Gasteiger partial charge >= 0.3 is 0 Å². The van der Waals surface area contributed by atoms with Crippen LogP contribution in [0.3, 0.4) is 0 Å². The average Bonchev–Trinajstić information content (AvgIpc) is 2.63. The molecule has 3 nitrogen and oxygen atoms in total. The molecule has 0 spiro atoms. The fourth-order valence-corrected chi connectivity index (χ4v) is 1.84. The highest BCUT2D eigenvalue weighted by Gasteiger charge is 2.17. The van der Waals surface area contributed by atoms with E-state index in [0.29, 0.717) is 10.7 Å². The Bertz CT molecular complexity index is 518. The fraction of sp³-hybridized carbons (Fsp3) is 0.308. The van der Waals surface area contributed by atoms with Gasteiger partial charge in [0, 0.05) is 33.6 Å². The van der Waals surface area contributed by atoms with Crippen molar-refractivity contribution in [3.8, 4) is 11.4 Å². The van der Waals surface area contributed by atoms with Crippen molar-refractivity contribution in [1.82, 2.24) is 9.97 Å². The third-order valence-corrected chi connectivity index (χ3v) is 2.80. The largest absolute Gasteiger partial charge is 0.399 e. The van der Waals surface area contributed by atoms with Crippen LogP contribution in [0, 0.1) is 0 Å². The van der Waals surface area contributed by atoms with Crippen molar-refractivity contribution in [1.29, 1.82) is 0 Å². The summed E-state index contributed by atoms with van der Waals surface area (Å²) >= 11 is 5.98. The van der Waals surface area contributed by atoms with Crippen LogP contribution in [0.2, 0.25) is 5.02 Å². The number of imidazole rings is 1. The molecule has 2 rings (SSSR count). The van der Waals surface area contributed by atoms with Crippen molar-refractivity contribution in [3.05, 3.63) is 35.1 Å². The topological polar surface area (TPSA) is 54.7 Å².